The molecule has 19 heavy (non-hydrogen) atoms. The molecule has 2 N–H and O–H groups in total. The molecule has 0 radical (unpaired) electrons. The summed E-state index contributed by atoms with van der Waals surface area (Å²) >= 11 is 0. The third-order valence-corrected chi connectivity index (χ3v) is 3.20. The van der Waals surface area contributed by atoms with Crippen LogP contribution in [0.1, 0.15) is 16.9 Å². The van der Waals surface area contributed by atoms with Crippen LogP contribution in [0.15, 0.2) is 4.63 Å². The number of methoxy groups -OCH3 is 1. The van der Waals surface area contributed by atoms with Gasteiger partial charge in [0, 0.05) is 33.3 Å². The standard InChI is InChI=1S/C11H19N5O3/c1-18-8-7-15-3-2-4-16(6-5-15)11(17)9-10(12)14-19-13-9/h2-8H2,1H3,(H2,12,14). The number of rotatable bonds is 4. The van der Waals surface area contributed by atoms with Crippen molar-refractivity contribution in [1.29, 1.82) is 0 Å². The summed E-state index contributed by atoms with van der Waals surface area (Å²) in [6.07, 6.45) is 0.917. The first kappa shape index (κ1) is 13.8. The third-order valence-electron chi connectivity index (χ3n) is 3.20. The largest absolute Gasteiger partial charge is 0.383 e. The van der Waals surface area contributed by atoms with Crippen LogP contribution in [0.3, 0.4) is 0 Å². The predicted octanol–water partition coefficient (Wildman–Crippen LogP) is -0.554. The van der Waals surface area contributed by atoms with Crippen LogP contribution in [-0.4, -0.2) is 72.5 Å². The maximum Gasteiger partial charge on any atom is 0.280 e. The van der Waals surface area contributed by atoms with Gasteiger partial charge in [-0.15, -0.1) is 0 Å². The lowest BCUT2D eigenvalue weighted by Gasteiger charge is -2.20. The molecule has 1 amide bonds. The number of nitrogen functional groups attached to an aromatic ring is 1. The number of carbonyl (C=O) groups is 1. The van der Waals surface area contributed by atoms with Gasteiger partial charge >= 0.3 is 0 Å². The number of ether oxygens (including phenoxy) is 1. The highest BCUT2D eigenvalue weighted by Gasteiger charge is 2.24. The topological polar surface area (TPSA) is 97.7 Å². The van der Waals surface area contributed by atoms with Gasteiger partial charge in [0.25, 0.3) is 5.91 Å². The molecule has 0 aliphatic carbocycles. The van der Waals surface area contributed by atoms with Crippen molar-refractivity contribution in [3.05, 3.63) is 5.69 Å². The predicted molar refractivity (Wildman–Crippen MR) is 67.5 cm³/mol. The number of hydrogen-bond acceptors (Lipinski definition) is 7. The highest BCUT2D eigenvalue weighted by Crippen LogP contribution is 2.11. The van der Waals surface area contributed by atoms with Gasteiger partial charge in [0.05, 0.1) is 6.61 Å². The van der Waals surface area contributed by atoms with Crippen LogP contribution in [0.5, 0.6) is 0 Å². The van der Waals surface area contributed by atoms with Crippen LogP contribution >= 0.6 is 0 Å². The lowest BCUT2D eigenvalue weighted by Crippen LogP contribution is -2.36. The van der Waals surface area contributed by atoms with Gasteiger partial charge in [-0.05, 0) is 23.3 Å². The van der Waals surface area contributed by atoms with E-state index in [0.717, 1.165) is 26.1 Å². The molecular weight excluding hydrogens is 250 g/mol. The van der Waals surface area contributed by atoms with E-state index in [4.69, 9.17) is 10.5 Å². The van der Waals surface area contributed by atoms with Crippen molar-refractivity contribution < 1.29 is 14.2 Å². The highest BCUT2D eigenvalue weighted by atomic mass is 16.6. The molecule has 1 saturated heterocycles. The SMILES string of the molecule is COCCN1CCCN(C(=O)c2nonc2N)CC1. The Bertz CT molecular complexity index is 422. The molecule has 0 unspecified atom stereocenters. The molecule has 1 aromatic rings. The van der Waals surface area contributed by atoms with E-state index in [9.17, 15) is 4.79 Å². The number of nitrogens with zero attached hydrogens (tertiary/aromatic N) is 4. The molecule has 1 aliphatic heterocycles. The van der Waals surface area contributed by atoms with Gasteiger partial charge in [0.2, 0.25) is 11.5 Å². The summed E-state index contributed by atoms with van der Waals surface area (Å²) in [7, 11) is 1.69. The van der Waals surface area contributed by atoms with Gasteiger partial charge in [-0.1, -0.05) is 0 Å². The quantitative estimate of drug-likeness (QED) is 0.782. The van der Waals surface area contributed by atoms with E-state index >= 15 is 0 Å². The first-order valence-corrected chi connectivity index (χ1v) is 6.31. The Morgan fingerprint density at radius 3 is 2.89 bits per heavy atom. The van der Waals surface area contributed by atoms with Gasteiger partial charge in [0.1, 0.15) is 0 Å². The summed E-state index contributed by atoms with van der Waals surface area (Å²) in [6, 6.07) is 0. The normalized spacial score (nSPS) is 17.4. The van der Waals surface area contributed by atoms with Crippen molar-refractivity contribution in [2.24, 2.45) is 0 Å². The number of nitrogens with two attached hydrogens (primary N) is 1. The number of carbonyl (C=O) groups excluding carboxylic acids is 1. The number of aromatic nitrogens is 2. The Hall–Kier alpha value is -1.67. The molecule has 0 spiro atoms. The van der Waals surface area contributed by atoms with Gasteiger partial charge in [-0.25, -0.2) is 4.63 Å². The van der Waals surface area contributed by atoms with Gasteiger partial charge in [-0.2, -0.15) is 0 Å². The van der Waals surface area contributed by atoms with Crippen molar-refractivity contribution in [3.63, 3.8) is 0 Å². The molecule has 2 heterocycles. The zero-order chi connectivity index (χ0) is 13.7. The first-order chi connectivity index (χ1) is 9.22. The Balaban J connectivity index is 1.92. The number of anilines is 1. The summed E-state index contributed by atoms with van der Waals surface area (Å²) in [4.78, 5) is 16.2. The molecule has 0 aromatic carbocycles. The van der Waals surface area contributed by atoms with Crippen molar-refractivity contribution in [2.75, 3.05) is 52.2 Å². The lowest BCUT2D eigenvalue weighted by atomic mass is 10.3. The molecule has 8 nitrogen and oxygen atoms in total. The Kier molecular flexibility index (Phi) is 4.69. The minimum atomic E-state index is -0.215. The molecule has 0 atom stereocenters. The van der Waals surface area contributed by atoms with E-state index in [0.29, 0.717) is 19.7 Å². The molecule has 2 rings (SSSR count). The Labute approximate surface area is 111 Å². The maximum atomic E-state index is 12.2. The fourth-order valence-electron chi connectivity index (χ4n) is 2.11. The average Bonchev–Trinajstić information content (AvgIpc) is 2.71. The second kappa shape index (κ2) is 6.48. The summed E-state index contributed by atoms with van der Waals surface area (Å²) < 4.78 is 9.53. The van der Waals surface area contributed by atoms with Crippen molar-refractivity contribution >= 4 is 11.7 Å². The minimum Gasteiger partial charge on any atom is -0.383 e. The molecular formula is C11H19N5O3. The molecule has 0 bridgehead atoms. The highest BCUT2D eigenvalue weighted by molar-refractivity contribution is 5.96. The van der Waals surface area contributed by atoms with Gasteiger partial charge in [-0.3, -0.25) is 9.69 Å². The molecule has 106 valence electrons. The summed E-state index contributed by atoms with van der Waals surface area (Å²) in [5, 5.41) is 6.98. The molecule has 8 heteroatoms. The van der Waals surface area contributed by atoms with E-state index < -0.39 is 0 Å². The van der Waals surface area contributed by atoms with Crippen LogP contribution in [0, 0.1) is 0 Å². The molecule has 1 aromatic heterocycles. The summed E-state index contributed by atoms with van der Waals surface area (Å²) in [5.41, 5.74) is 5.64. The number of amides is 1. The lowest BCUT2D eigenvalue weighted by molar-refractivity contribution is 0.0749. The van der Waals surface area contributed by atoms with E-state index in [1.807, 2.05) is 0 Å². The zero-order valence-electron chi connectivity index (χ0n) is 11.0. The van der Waals surface area contributed by atoms with Crippen LogP contribution < -0.4 is 5.73 Å². The molecule has 1 fully saturated rings. The summed E-state index contributed by atoms with van der Waals surface area (Å²) in [6.45, 7) is 4.70. The first-order valence-electron chi connectivity index (χ1n) is 6.31. The average molecular weight is 269 g/mol. The van der Waals surface area contributed by atoms with E-state index in [2.05, 4.69) is 19.8 Å². The van der Waals surface area contributed by atoms with E-state index in [1.165, 1.54) is 0 Å². The van der Waals surface area contributed by atoms with Crippen LogP contribution in [0.2, 0.25) is 0 Å². The fraction of sp³-hybridized carbons (Fsp3) is 0.727. The van der Waals surface area contributed by atoms with E-state index in [-0.39, 0.29) is 17.4 Å². The zero-order valence-corrected chi connectivity index (χ0v) is 11.0. The van der Waals surface area contributed by atoms with Crippen LogP contribution in [0.4, 0.5) is 5.82 Å². The third kappa shape index (κ3) is 3.42. The monoisotopic (exact) mass is 269 g/mol. The number of hydrogen-bond donors (Lipinski definition) is 1. The minimum absolute atomic E-state index is 0.0467. The Morgan fingerprint density at radius 2 is 2.21 bits per heavy atom. The van der Waals surface area contributed by atoms with Crippen molar-refractivity contribution in [2.45, 2.75) is 6.42 Å². The fourth-order valence-corrected chi connectivity index (χ4v) is 2.11. The van der Waals surface area contributed by atoms with Crippen LogP contribution in [-0.2, 0) is 4.74 Å². The van der Waals surface area contributed by atoms with Crippen molar-refractivity contribution in [1.82, 2.24) is 20.1 Å². The molecule has 1 aliphatic rings. The van der Waals surface area contributed by atoms with Crippen molar-refractivity contribution in [3.8, 4) is 0 Å². The second-order valence-corrected chi connectivity index (χ2v) is 4.48. The van der Waals surface area contributed by atoms with E-state index in [1.54, 1.807) is 12.0 Å². The maximum absolute atomic E-state index is 12.2. The smallest absolute Gasteiger partial charge is 0.280 e. The summed E-state index contributed by atoms with van der Waals surface area (Å²) in [5.74, 6) is -0.169. The second-order valence-electron chi connectivity index (χ2n) is 4.48. The Morgan fingerprint density at radius 1 is 1.37 bits per heavy atom. The van der Waals surface area contributed by atoms with Crippen LogP contribution in [0.25, 0.3) is 0 Å². The molecule has 0 saturated carbocycles. The van der Waals surface area contributed by atoms with Gasteiger partial charge in [0.15, 0.2) is 0 Å². The van der Waals surface area contributed by atoms with Gasteiger partial charge < -0.3 is 15.4 Å².